The van der Waals surface area contributed by atoms with Gasteiger partial charge in [0.15, 0.2) is 0 Å². The molecule has 0 spiro atoms. The van der Waals surface area contributed by atoms with Gasteiger partial charge in [0.05, 0.1) is 11.0 Å². The standard InChI is InChI=1S/C17H17N3/c1-10-7-11(2)16-15(8-10)19-17(20-16)13-4-3-12-5-6-18-14(12)9-13/h3-4,7-9,18H,5-6H2,1-2H3,(H,19,20). The fourth-order valence-electron chi connectivity index (χ4n) is 3.05. The van der Waals surface area contributed by atoms with Crippen molar-refractivity contribution in [1.82, 2.24) is 9.97 Å². The summed E-state index contributed by atoms with van der Waals surface area (Å²) in [6, 6.07) is 10.9. The summed E-state index contributed by atoms with van der Waals surface area (Å²) in [5, 5.41) is 3.42. The molecular weight excluding hydrogens is 246 g/mol. The Morgan fingerprint density at radius 2 is 2.00 bits per heavy atom. The van der Waals surface area contributed by atoms with E-state index in [9.17, 15) is 0 Å². The maximum absolute atomic E-state index is 4.77. The van der Waals surface area contributed by atoms with Gasteiger partial charge in [-0.3, -0.25) is 0 Å². The third-order valence-corrected chi connectivity index (χ3v) is 4.01. The van der Waals surface area contributed by atoms with Crippen LogP contribution >= 0.6 is 0 Å². The number of anilines is 1. The molecule has 0 amide bonds. The second kappa shape index (κ2) is 4.10. The molecule has 100 valence electrons. The Labute approximate surface area is 118 Å². The fourth-order valence-corrected chi connectivity index (χ4v) is 3.05. The Morgan fingerprint density at radius 3 is 2.90 bits per heavy atom. The highest BCUT2D eigenvalue weighted by atomic mass is 14.9. The summed E-state index contributed by atoms with van der Waals surface area (Å²) >= 11 is 0. The highest BCUT2D eigenvalue weighted by Crippen LogP contribution is 2.29. The van der Waals surface area contributed by atoms with Crippen LogP contribution in [0, 0.1) is 13.8 Å². The van der Waals surface area contributed by atoms with Crippen LogP contribution in [0.4, 0.5) is 5.69 Å². The first-order valence-corrected chi connectivity index (χ1v) is 7.05. The highest BCUT2D eigenvalue weighted by molar-refractivity contribution is 5.83. The Hall–Kier alpha value is -2.29. The maximum atomic E-state index is 4.77. The minimum atomic E-state index is 0.949. The summed E-state index contributed by atoms with van der Waals surface area (Å²) in [6.45, 7) is 5.27. The van der Waals surface area contributed by atoms with E-state index in [1.54, 1.807) is 0 Å². The highest BCUT2D eigenvalue weighted by Gasteiger charge is 2.13. The lowest BCUT2D eigenvalue weighted by atomic mass is 10.1. The van der Waals surface area contributed by atoms with Crippen LogP contribution in [0.1, 0.15) is 16.7 Å². The second-order valence-corrected chi connectivity index (χ2v) is 5.61. The number of nitrogens with zero attached hydrogens (tertiary/aromatic N) is 1. The number of rotatable bonds is 1. The van der Waals surface area contributed by atoms with E-state index in [4.69, 9.17) is 4.98 Å². The normalized spacial score (nSPS) is 13.5. The van der Waals surface area contributed by atoms with Crippen molar-refractivity contribution >= 4 is 16.7 Å². The lowest BCUT2D eigenvalue weighted by Gasteiger charge is -2.02. The molecule has 0 bridgehead atoms. The monoisotopic (exact) mass is 263 g/mol. The molecule has 1 aliphatic heterocycles. The number of nitrogens with one attached hydrogen (secondary N) is 2. The predicted molar refractivity (Wildman–Crippen MR) is 83.2 cm³/mol. The van der Waals surface area contributed by atoms with Gasteiger partial charge >= 0.3 is 0 Å². The van der Waals surface area contributed by atoms with Gasteiger partial charge < -0.3 is 10.3 Å². The molecule has 0 aliphatic carbocycles. The van der Waals surface area contributed by atoms with Crippen molar-refractivity contribution in [2.45, 2.75) is 20.3 Å². The quantitative estimate of drug-likeness (QED) is 0.701. The number of hydrogen-bond acceptors (Lipinski definition) is 2. The average Bonchev–Trinajstić information content (AvgIpc) is 3.03. The molecule has 2 aromatic carbocycles. The lowest BCUT2D eigenvalue weighted by molar-refractivity contribution is 1.11. The number of H-pyrrole nitrogens is 1. The predicted octanol–water partition coefficient (Wildman–Crippen LogP) is 3.81. The summed E-state index contributed by atoms with van der Waals surface area (Å²) < 4.78 is 0. The summed E-state index contributed by atoms with van der Waals surface area (Å²) in [5.41, 5.74) is 8.46. The zero-order chi connectivity index (χ0) is 13.7. The van der Waals surface area contributed by atoms with E-state index in [0.29, 0.717) is 0 Å². The molecule has 1 aliphatic rings. The van der Waals surface area contributed by atoms with Gasteiger partial charge in [-0.15, -0.1) is 0 Å². The smallest absolute Gasteiger partial charge is 0.138 e. The number of aromatic amines is 1. The van der Waals surface area contributed by atoms with E-state index in [1.165, 1.54) is 22.4 Å². The fraction of sp³-hybridized carbons (Fsp3) is 0.235. The van der Waals surface area contributed by atoms with Crippen molar-refractivity contribution < 1.29 is 0 Å². The van der Waals surface area contributed by atoms with Gasteiger partial charge in [-0.1, -0.05) is 18.2 Å². The van der Waals surface area contributed by atoms with Crippen LogP contribution in [0.3, 0.4) is 0 Å². The zero-order valence-electron chi connectivity index (χ0n) is 11.7. The Kier molecular flexibility index (Phi) is 2.36. The molecule has 4 rings (SSSR count). The van der Waals surface area contributed by atoms with E-state index >= 15 is 0 Å². The molecule has 2 N–H and O–H groups in total. The van der Waals surface area contributed by atoms with Gasteiger partial charge in [0.2, 0.25) is 0 Å². The molecule has 0 radical (unpaired) electrons. The van der Waals surface area contributed by atoms with E-state index in [0.717, 1.165) is 35.4 Å². The first kappa shape index (κ1) is 11.5. The summed E-state index contributed by atoms with van der Waals surface area (Å²) in [7, 11) is 0. The summed E-state index contributed by atoms with van der Waals surface area (Å²) in [5.74, 6) is 0.949. The lowest BCUT2D eigenvalue weighted by Crippen LogP contribution is -1.91. The van der Waals surface area contributed by atoms with Gasteiger partial charge in [0, 0.05) is 17.8 Å². The Balaban J connectivity index is 1.88. The van der Waals surface area contributed by atoms with Gasteiger partial charge in [-0.2, -0.15) is 0 Å². The van der Waals surface area contributed by atoms with Crippen LogP contribution in [0.5, 0.6) is 0 Å². The number of benzene rings is 2. The average molecular weight is 263 g/mol. The van der Waals surface area contributed by atoms with E-state index in [2.05, 4.69) is 54.5 Å². The van der Waals surface area contributed by atoms with Crippen LogP contribution in [-0.2, 0) is 6.42 Å². The van der Waals surface area contributed by atoms with Crippen LogP contribution in [0.15, 0.2) is 30.3 Å². The molecule has 0 fully saturated rings. The summed E-state index contributed by atoms with van der Waals surface area (Å²) in [4.78, 5) is 8.21. The SMILES string of the molecule is Cc1cc(C)c2nc(-c3ccc4c(c3)NCC4)[nH]c2c1. The third kappa shape index (κ3) is 1.70. The van der Waals surface area contributed by atoms with Crippen molar-refractivity contribution in [2.75, 3.05) is 11.9 Å². The van der Waals surface area contributed by atoms with Crippen LogP contribution in [0.25, 0.3) is 22.4 Å². The molecule has 0 saturated carbocycles. The molecule has 20 heavy (non-hydrogen) atoms. The number of aryl methyl sites for hydroxylation is 2. The molecule has 0 saturated heterocycles. The molecule has 3 aromatic rings. The van der Waals surface area contributed by atoms with Gasteiger partial charge in [0.1, 0.15) is 5.82 Å². The Morgan fingerprint density at radius 1 is 1.10 bits per heavy atom. The number of imidazole rings is 1. The number of aromatic nitrogens is 2. The minimum Gasteiger partial charge on any atom is -0.384 e. The zero-order valence-corrected chi connectivity index (χ0v) is 11.7. The van der Waals surface area contributed by atoms with Gasteiger partial charge in [-0.05, 0) is 49.1 Å². The van der Waals surface area contributed by atoms with Crippen molar-refractivity contribution in [2.24, 2.45) is 0 Å². The molecule has 2 heterocycles. The number of hydrogen-bond donors (Lipinski definition) is 2. The molecule has 0 unspecified atom stereocenters. The van der Waals surface area contributed by atoms with Crippen LogP contribution in [0.2, 0.25) is 0 Å². The third-order valence-electron chi connectivity index (χ3n) is 4.01. The van der Waals surface area contributed by atoms with E-state index < -0.39 is 0 Å². The summed E-state index contributed by atoms with van der Waals surface area (Å²) in [6.07, 6.45) is 1.12. The van der Waals surface area contributed by atoms with Gasteiger partial charge in [0.25, 0.3) is 0 Å². The van der Waals surface area contributed by atoms with E-state index in [1.807, 2.05) is 0 Å². The van der Waals surface area contributed by atoms with Crippen molar-refractivity contribution in [1.29, 1.82) is 0 Å². The van der Waals surface area contributed by atoms with Gasteiger partial charge in [-0.25, -0.2) is 4.98 Å². The van der Waals surface area contributed by atoms with Crippen LogP contribution in [-0.4, -0.2) is 16.5 Å². The number of fused-ring (bicyclic) bond motifs is 2. The molecular formula is C17H17N3. The van der Waals surface area contributed by atoms with Crippen molar-refractivity contribution in [3.8, 4) is 11.4 Å². The first-order chi connectivity index (χ1) is 9.70. The molecule has 3 heteroatoms. The Bertz CT molecular complexity index is 814. The molecule has 1 aromatic heterocycles. The largest absolute Gasteiger partial charge is 0.384 e. The van der Waals surface area contributed by atoms with Crippen LogP contribution < -0.4 is 5.32 Å². The maximum Gasteiger partial charge on any atom is 0.138 e. The minimum absolute atomic E-state index is 0.949. The second-order valence-electron chi connectivity index (χ2n) is 5.61. The van der Waals surface area contributed by atoms with Crippen molar-refractivity contribution in [3.63, 3.8) is 0 Å². The van der Waals surface area contributed by atoms with Crippen molar-refractivity contribution in [3.05, 3.63) is 47.0 Å². The van der Waals surface area contributed by atoms with E-state index in [-0.39, 0.29) is 0 Å². The molecule has 3 nitrogen and oxygen atoms in total. The first-order valence-electron chi connectivity index (χ1n) is 7.05. The molecule has 0 atom stereocenters. The topological polar surface area (TPSA) is 40.7 Å².